The first kappa shape index (κ1) is 22.4. The fraction of sp³-hybridized carbons (Fsp3) is 0.259. The van der Waals surface area contributed by atoms with Gasteiger partial charge in [-0.25, -0.2) is 0 Å². The number of amides is 1. The van der Waals surface area contributed by atoms with E-state index in [-0.39, 0.29) is 17.3 Å². The number of Topliss-reactive ketones (excluding diaryl/α,β-unsaturated/α-hetero) is 1. The highest BCUT2D eigenvalue weighted by Gasteiger charge is 2.48. The Morgan fingerprint density at radius 2 is 1.76 bits per heavy atom. The van der Waals surface area contributed by atoms with Crippen molar-refractivity contribution in [2.45, 2.75) is 39.7 Å². The van der Waals surface area contributed by atoms with Crippen molar-refractivity contribution in [1.29, 1.82) is 0 Å². The summed E-state index contributed by atoms with van der Waals surface area (Å²) in [5, 5.41) is 11.3. The first-order valence-corrected chi connectivity index (χ1v) is 10.8. The summed E-state index contributed by atoms with van der Waals surface area (Å²) in [5.74, 6) is -0.486. The molecule has 0 spiro atoms. The normalized spacial score (nSPS) is 17.8. The molecule has 1 fully saturated rings. The van der Waals surface area contributed by atoms with Gasteiger partial charge in [0.2, 0.25) is 0 Å². The number of methoxy groups -OCH3 is 1. The van der Waals surface area contributed by atoms with Crippen LogP contribution in [0.25, 0.3) is 5.76 Å². The highest BCUT2D eigenvalue weighted by atomic mass is 16.5. The van der Waals surface area contributed by atoms with E-state index in [2.05, 4.69) is 0 Å². The topological polar surface area (TPSA) is 80.0 Å². The number of furan rings is 1. The molecule has 1 N–H and O–H groups in total. The van der Waals surface area contributed by atoms with E-state index in [9.17, 15) is 14.7 Å². The Bertz CT molecular complexity index is 1230. The Labute approximate surface area is 193 Å². The van der Waals surface area contributed by atoms with Crippen LogP contribution in [0.2, 0.25) is 0 Å². The number of carbonyl (C=O) groups excluding carboxylic acids is 2. The van der Waals surface area contributed by atoms with Gasteiger partial charge in [0, 0.05) is 11.3 Å². The average molecular weight is 446 g/mol. The second-order valence-corrected chi connectivity index (χ2v) is 8.64. The predicted octanol–water partition coefficient (Wildman–Crippen LogP) is 5.65. The number of nitrogens with zero attached hydrogens (tertiary/aromatic N) is 1. The maximum Gasteiger partial charge on any atom is 0.300 e. The number of rotatable bonds is 5. The van der Waals surface area contributed by atoms with Gasteiger partial charge in [0.25, 0.3) is 11.7 Å². The Morgan fingerprint density at radius 3 is 2.33 bits per heavy atom. The molecule has 6 nitrogen and oxygen atoms in total. The highest BCUT2D eigenvalue weighted by Crippen LogP contribution is 2.43. The summed E-state index contributed by atoms with van der Waals surface area (Å²) in [4.78, 5) is 27.9. The fourth-order valence-corrected chi connectivity index (χ4v) is 4.39. The Kier molecular flexibility index (Phi) is 5.85. The fourth-order valence-electron chi connectivity index (χ4n) is 4.39. The smallest absolute Gasteiger partial charge is 0.300 e. The number of ether oxygens (including phenoxy) is 1. The molecule has 6 heteroatoms. The van der Waals surface area contributed by atoms with Crippen LogP contribution in [0.3, 0.4) is 0 Å². The third kappa shape index (κ3) is 3.93. The van der Waals surface area contributed by atoms with Crippen molar-refractivity contribution in [3.05, 3.63) is 88.4 Å². The van der Waals surface area contributed by atoms with Crippen LogP contribution in [-0.4, -0.2) is 23.9 Å². The number of aryl methyl sites for hydroxylation is 2. The summed E-state index contributed by atoms with van der Waals surface area (Å²) >= 11 is 0. The van der Waals surface area contributed by atoms with Crippen molar-refractivity contribution in [1.82, 2.24) is 0 Å². The summed E-state index contributed by atoms with van der Waals surface area (Å²) < 4.78 is 11.1. The molecular formula is C27H27NO5. The van der Waals surface area contributed by atoms with Crippen LogP contribution < -0.4 is 9.64 Å². The van der Waals surface area contributed by atoms with E-state index < -0.39 is 17.7 Å². The van der Waals surface area contributed by atoms with Gasteiger partial charge in [0.1, 0.15) is 23.3 Å². The molecule has 1 amide bonds. The SMILES string of the molecule is COc1ccc(/C(O)=C2/C(=O)C(=O)N(c3cc(C)cc(C)c3)C2c2ccco2)cc1C(C)C. The number of carbonyl (C=O) groups is 2. The van der Waals surface area contributed by atoms with Crippen molar-refractivity contribution in [3.63, 3.8) is 0 Å². The zero-order valence-corrected chi connectivity index (χ0v) is 19.4. The van der Waals surface area contributed by atoms with E-state index >= 15 is 0 Å². The lowest BCUT2D eigenvalue weighted by Gasteiger charge is -2.24. The van der Waals surface area contributed by atoms with Crippen molar-refractivity contribution in [2.24, 2.45) is 0 Å². The van der Waals surface area contributed by atoms with E-state index in [1.54, 1.807) is 37.4 Å². The molecule has 1 atom stereocenters. The second-order valence-electron chi connectivity index (χ2n) is 8.64. The molecule has 2 heterocycles. The molecule has 0 saturated carbocycles. The van der Waals surface area contributed by atoms with Crippen LogP contribution in [0.1, 0.15) is 53.8 Å². The minimum Gasteiger partial charge on any atom is -0.507 e. The van der Waals surface area contributed by atoms with Gasteiger partial charge >= 0.3 is 0 Å². The molecule has 1 aliphatic heterocycles. The van der Waals surface area contributed by atoms with Crippen LogP contribution in [-0.2, 0) is 9.59 Å². The molecule has 2 aromatic carbocycles. The number of aliphatic hydroxyl groups is 1. The van der Waals surface area contributed by atoms with Crippen LogP contribution in [0.5, 0.6) is 5.75 Å². The number of hydrogen-bond donors (Lipinski definition) is 1. The highest BCUT2D eigenvalue weighted by molar-refractivity contribution is 6.51. The maximum absolute atomic E-state index is 13.2. The minimum atomic E-state index is -0.884. The van der Waals surface area contributed by atoms with E-state index in [1.807, 2.05) is 45.9 Å². The molecule has 0 radical (unpaired) electrons. The largest absolute Gasteiger partial charge is 0.507 e. The predicted molar refractivity (Wildman–Crippen MR) is 126 cm³/mol. The standard InChI is InChI=1S/C27H27NO5/c1-15(2)20-14-18(8-9-21(20)32-5)25(29)23-24(22-7-6-10-33-22)28(27(31)26(23)30)19-12-16(3)11-17(4)13-19/h6-15,24,29H,1-5H3/b25-23-. The summed E-state index contributed by atoms with van der Waals surface area (Å²) in [7, 11) is 1.59. The Balaban J connectivity index is 1.93. The van der Waals surface area contributed by atoms with Crippen LogP contribution in [0.4, 0.5) is 5.69 Å². The molecule has 170 valence electrons. The molecule has 1 aromatic heterocycles. The lowest BCUT2D eigenvalue weighted by molar-refractivity contribution is -0.132. The third-order valence-corrected chi connectivity index (χ3v) is 5.87. The summed E-state index contributed by atoms with van der Waals surface area (Å²) in [6, 6.07) is 13.4. The van der Waals surface area contributed by atoms with Crippen molar-refractivity contribution in [2.75, 3.05) is 12.0 Å². The summed E-state index contributed by atoms with van der Waals surface area (Å²) in [5.41, 5.74) is 3.82. The number of hydrogen-bond acceptors (Lipinski definition) is 5. The molecular weight excluding hydrogens is 418 g/mol. The quantitative estimate of drug-likeness (QED) is 0.312. The van der Waals surface area contributed by atoms with Crippen LogP contribution >= 0.6 is 0 Å². The van der Waals surface area contributed by atoms with E-state index in [0.717, 1.165) is 16.7 Å². The summed E-state index contributed by atoms with van der Waals surface area (Å²) in [6.07, 6.45) is 1.49. The van der Waals surface area contributed by atoms with E-state index in [1.165, 1.54) is 11.2 Å². The Hall–Kier alpha value is -3.80. The molecule has 0 bridgehead atoms. The summed E-state index contributed by atoms with van der Waals surface area (Å²) in [6.45, 7) is 7.90. The molecule has 0 aliphatic carbocycles. The van der Waals surface area contributed by atoms with Gasteiger partial charge in [0.05, 0.1) is 18.9 Å². The minimum absolute atomic E-state index is 0.00557. The number of anilines is 1. The van der Waals surface area contributed by atoms with Gasteiger partial charge in [-0.2, -0.15) is 0 Å². The second kappa shape index (κ2) is 8.62. The van der Waals surface area contributed by atoms with Gasteiger partial charge in [0.15, 0.2) is 0 Å². The van der Waals surface area contributed by atoms with Gasteiger partial charge in [-0.05, 0) is 78.9 Å². The molecule has 4 rings (SSSR count). The lowest BCUT2D eigenvalue weighted by Crippen LogP contribution is -2.29. The molecule has 3 aromatic rings. The van der Waals surface area contributed by atoms with Crippen molar-refractivity contribution in [3.8, 4) is 5.75 Å². The van der Waals surface area contributed by atoms with Gasteiger partial charge < -0.3 is 14.3 Å². The van der Waals surface area contributed by atoms with Crippen molar-refractivity contribution < 1.29 is 23.8 Å². The lowest BCUT2D eigenvalue weighted by atomic mass is 9.95. The Morgan fingerprint density at radius 1 is 1.06 bits per heavy atom. The molecule has 33 heavy (non-hydrogen) atoms. The molecule has 1 saturated heterocycles. The van der Waals surface area contributed by atoms with Crippen LogP contribution in [0, 0.1) is 13.8 Å². The first-order chi connectivity index (χ1) is 15.7. The third-order valence-electron chi connectivity index (χ3n) is 5.87. The van der Waals surface area contributed by atoms with Gasteiger partial charge in [-0.3, -0.25) is 14.5 Å². The monoisotopic (exact) mass is 445 g/mol. The first-order valence-electron chi connectivity index (χ1n) is 10.8. The van der Waals surface area contributed by atoms with E-state index in [4.69, 9.17) is 9.15 Å². The van der Waals surface area contributed by atoms with E-state index in [0.29, 0.717) is 22.8 Å². The maximum atomic E-state index is 13.2. The van der Waals surface area contributed by atoms with Crippen molar-refractivity contribution >= 4 is 23.1 Å². The molecule has 1 unspecified atom stereocenters. The van der Waals surface area contributed by atoms with Gasteiger partial charge in [-0.1, -0.05) is 19.9 Å². The average Bonchev–Trinajstić information content (AvgIpc) is 3.39. The molecule has 1 aliphatic rings. The van der Waals surface area contributed by atoms with Crippen LogP contribution in [0.15, 0.2) is 64.8 Å². The zero-order chi connectivity index (χ0) is 23.9. The van der Waals surface area contributed by atoms with Gasteiger partial charge in [-0.15, -0.1) is 0 Å². The number of benzene rings is 2. The number of aliphatic hydroxyl groups excluding tert-OH is 1. The number of ketones is 1. The zero-order valence-electron chi connectivity index (χ0n) is 19.4.